The summed E-state index contributed by atoms with van der Waals surface area (Å²) in [5.74, 6) is 0.775. The fourth-order valence-electron chi connectivity index (χ4n) is 2.69. The number of hydrogen-bond acceptors (Lipinski definition) is 3. The number of hydrogen-bond donors (Lipinski definition) is 1. The van der Waals surface area contributed by atoms with Crippen LogP contribution < -0.4 is 10.1 Å². The van der Waals surface area contributed by atoms with Crippen LogP contribution in [0.3, 0.4) is 0 Å². The van der Waals surface area contributed by atoms with Gasteiger partial charge in [0.15, 0.2) is 5.78 Å². The third-order valence-electron chi connectivity index (χ3n) is 3.81. The number of rotatable bonds is 5. The van der Waals surface area contributed by atoms with Gasteiger partial charge in [-0.05, 0) is 25.0 Å². The van der Waals surface area contributed by atoms with Crippen molar-refractivity contribution in [2.24, 2.45) is 0 Å². The molecule has 3 heteroatoms. The van der Waals surface area contributed by atoms with Crippen molar-refractivity contribution in [2.45, 2.75) is 44.6 Å². The summed E-state index contributed by atoms with van der Waals surface area (Å²) >= 11 is 0. The lowest BCUT2D eigenvalue weighted by atomic mass is 10.1. The van der Waals surface area contributed by atoms with E-state index in [1.165, 1.54) is 38.5 Å². The molecule has 0 heterocycles. The van der Waals surface area contributed by atoms with Crippen LogP contribution in [0.2, 0.25) is 0 Å². The standard InChI is InChI=1S/C16H23NO2/c1-19-16-11-7-6-10-14(16)15(18)12-17-13-8-4-2-3-5-9-13/h6-7,10-11,13,17H,2-5,8-9,12H2,1H3. The molecule has 1 aromatic carbocycles. The van der Waals surface area contributed by atoms with Crippen LogP contribution in [0.4, 0.5) is 0 Å². The Morgan fingerprint density at radius 3 is 2.58 bits per heavy atom. The highest BCUT2D eigenvalue weighted by Gasteiger charge is 2.15. The highest BCUT2D eigenvalue weighted by molar-refractivity contribution is 6.00. The first kappa shape index (κ1) is 14.1. The molecule has 1 aromatic rings. The number of ketones is 1. The molecule has 0 aliphatic heterocycles. The lowest BCUT2D eigenvalue weighted by Crippen LogP contribution is -2.33. The number of carbonyl (C=O) groups excluding carboxylic acids is 1. The largest absolute Gasteiger partial charge is 0.496 e. The Balaban J connectivity index is 1.89. The summed E-state index contributed by atoms with van der Waals surface area (Å²) in [7, 11) is 1.60. The van der Waals surface area contributed by atoms with Crippen LogP contribution in [0.15, 0.2) is 24.3 Å². The van der Waals surface area contributed by atoms with Crippen molar-refractivity contribution in [2.75, 3.05) is 13.7 Å². The van der Waals surface area contributed by atoms with Gasteiger partial charge in [0.25, 0.3) is 0 Å². The Labute approximate surface area is 115 Å². The molecule has 0 saturated heterocycles. The molecule has 1 fully saturated rings. The predicted molar refractivity (Wildman–Crippen MR) is 76.8 cm³/mol. The van der Waals surface area contributed by atoms with E-state index >= 15 is 0 Å². The van der Waals surface area contributed by atoms with Gasteiger partial charge in [0, 0.05) is 6.04 Å². The summed E-state index contributed by atoms with van der Waals surface area (Å²) in [6.45, 7) is 0.408. The van der Waals surface area contributed by atoms with E-state index in [2.05, 4.69) is 5.32 Å². The van der Waals surface area contributed by atoms with Crippen LogP contribution >= 0.6 is 0 Å². The van der Waals surface area contributed by atoms with E-state index in [-0.39, 0.29) is 5.78 Å². The topological polar surface area (TPSA) is 38.3 Å². The molecule has 0 spiro atoms. The smallest absolute Gasteiger partial charge is 0.180 e. The average Bonchev–Trinajstić information content (AvgIpc) is 2.73. The van der Waals surface area contributed by atoms with E-state index in [1.807, 2.05) is 24.3 Å². The molecule has 1 aliphatic carbocycles. The lowest BCUT2D eigenvalue weighted by Gasteiger charge is -2.16. The lowest BCUT2D eigenvalue weighted by molar-refractivity contribution is 0.0983. The number of carbonyl (C=O) groups is 1. The van der Waals surface area contributed by atoms with Gasteiger partial charge in [-0.1, -0.05) is 37.8 Å². The molecule has 104 valence electrons. The third-order valence-corrected chi connectivity index (χ3v) is 3.81. The number of ether oxygens (including phenoxy) is 1. The summed E-state index contributed by atoms with van der Waals surface area (Å²) in [6.07, 6.45) is 7.61. The molecule has 0 unspecified atom stereocenters. The van der Waals surface area contributed by atoms with Crippen LogP contribution in [0.5, 0.6) is 5.75 Å². The minimum Gasteiger partial charge on any atom is -0.496 e. The molecule has 0 amide bonds. The SMILES string of the molecule is COc1ccccc1C(=O)CNC1CCCCCC1. The van der Waals surface area contributed by atoms with Crippen LogP contribution in [0.1, 0.15) is 48.9 Å². The Kier molecular flexibility index (Phi) is 5.40. The molecule has 19 heavy (non-hydrogen) atoms. The molecule has 0 bridgehead atoms. The molecule has 0 aromatic heterocycles. The molecule has 1 saturated carbocycles. The highest BCUT2D eigenvalue weighted by Crippen LogP contribution is 2.19. The van der Waals surface area contributed by atoms with Gasteiger partial charge in [-0.25, -0.2) is 0 Å². The van der Waals surface area contributed by atoms with Crippen molar-refractivity contribution in [1.82, 2.24) is 5.32 Å². The Morgan fingerprint density at radius 1 is 1.21 bits per heavy atom. The second kappa shape index (κ2) is 7.29. The highest BCUT2D eigenvalue weighted by atomic mass is 16.5. The Hall–Kier alpha value is -1.35. The molecule has 0 atom stereocenters. The number of Topliss-reactive ketones (excluding diaryl/α,β-unsaturated/α-hetero) is 1. The Bertz CT molecular complexity index is 409. The first-order valence-electron chi connectivity index (χ1n) is 7.21. The molecule has 3 nitrogen and oxygen atoms in total. The van der Waals surface area contributed by atoms with Gasteiger partial charge in [0.1, 0.15) is 5.75 Å². The van der Waals surface area contributed by atoms with Gasteiger partial charge in [-0.3, -0.25) is 4.79 Å². The van der Waals surface area contributed by atoms with Gasteiger partial charge >= 0.3 is 0 Å². The number of para-hydroxylation sites is 1. The second-order valence-corrected chi connectivity index (χ2v) is 5.19. The van der Waals surface area contributed by atoms with Crippen LogP contribution in [0, 0.1) is 0 Å². The summed E-state index contributed by atoms with van der Waals surface area (Å²) in [4.78, 5) is 12.2. The predicted octanol–water partition coefficient (Wildman–Crippen LogP) is 3.19. The fraction of sp³-hybridized carbons (Fsp3) is 0.562. The van der Waals surface area contributed by atoms with Crippen molar-refractivity contribution >= 4 is 5.78 Å². The molecule has 1 N–H and O–H groups in total. The first-order chi connectivity index (χ1) is 9.31. The molecule has 1 aliphatic rings. The molecular formula is C16H23NO2. The van der Waals surface area contributed by atoms with Crippen molar-refractivity contribution in [1.29, 1.82) is 0 Å². The van der Waals surface area contributed by atoms with E-state index in [9.17, 15) is 4.79 Å². The maximum Gasteiger partial charge on any atom is 0.180 e. The van der Waals surface area contributed by atoms with Gasteiger partial charge < -0.3 is 10.1 Å². The Morgan fingerprint density at radius 2 is 1.89 bits per heavy atom. The van der Waals surface area contributed by atoms with Gasteiger partial charge in [0.05, 0.1) is 19.2 Å². The van der Waals surface area contributed by atoms with E-state index in [1.54, 1.807) is 7.11 Å². The minimum absolute atomic E-state index is 0.113. The van der Waals surface area contributed by atoms with Gasteiger partial charge in [0.2, 0.25) is 0 Å². The second-order valence-electron chi connectivity index (χ2n) is 5.19. The number of benzene rings is 1. The van der Waals surface area contributed by atoms with Crippen molar-refractivity contribution in [3.8, 4) is 5.75 Å². The minimum atomic E-state index is 0.113. The van der Waals surface area contributed by atoms with Crippen molar-refractivity contribution < 1.29 is 9.53 Å². The maximum absolute atomic E-state index is 12.2. The third kappa shape index (κ3) is 4.06. The first-order valence-corrected chi connectivity index (χ1v) is 7.21. The van der Waals surface area contributed by atoms with Crippen LogP contribution in [-0.4, -0.2) is 25.5 Å². The zero-order valence-corrected chi connectivity index (χ0v) is 11.7. The van der Waals surface area contributed by atoms with E-state index in [4.69, 9.17) is 4.74 Å². The summed E-state index contributed by atoms with van der Waals surface area (Å²) in [6, 6.07) is 7.92. The van der Waals surface area contributed by atoms with Gasteiger partial charge in [-0.2, -0.15) is 0 Å². The normalized spacial score (nSPS) is 16.9. The van der Waals surface area contributed by atoms with Crippen LogP contribution in [0.25, 0.3) is 0 Å². The quantitative estimate of drug-likeness (QED) is 0.653. The van der Waals surface area contributed by atoms with Crippen LogP contribution in [-0.2, 0) is 0 Å². The summed E-state index contributed by atoms with van der Waals surface area (Å²) < 4.78 is 5.23. The zero-order chi connectivity index (χ0) is 13.5. The summed E-state index contributed by atoms with van der Waals surface area (Å²) in [5, 5.41) is 3.41. The van der Waals surface area contributed by atoms with E-state index in [0.29, 0.717) is 23.9 Å². The molecular weight excluding hydrogens is 238 g/mol. The summed E-state index contributed by atoms with van der Waals surface area (Å²) in [5.41, 5.74) is 0.672. The average molecular weight is 261 g/mol. The maximum atomic E-state index is 12.2. The molecule has 0 radical (unpaired) electrons. The van der Waals surface area contributed by atoms with Crippen molar-refractivity contribution in [3.63, 3.8) is 0 Å². The fourth-order valence-corrected chi connectivity index (χ4v) is 2.69. The number of nitrogens with one attached hydrogen (secondary N) is 1. The van der Waals surface area contributed by atoms with E-state index < -0.39 is 0 Å². The van der Waals surface area contributed by atoms with Crippen molar-refractivity contribution in [3.05, 3.63) is 29.8 Å². The van der Waals surface area contributed by atoms with E-state index in [0.717, 1.165) is 0 Å². The van der Waals surface area contributed by atoms with Gasteiger partial charge in [-0.15, -0.1) is 0 Å². The molecule has 2 rings (SSSR count). The monoisotopic (exact) mass is 261 g/mol. The number of methoxy groups -OCH3 is 1. The zero-order valence-electron chi connectivity index (χ0n) is 11.7.